The van der Waals surface area contributed by atoms with E-state index in [1.807, 2.05) is 11.8 Å². The van der Waals surface area contributed by atoms with Gasteiger partial charge in [-0.2, -0.15) is 0 Å². The van der Waals surface area contributed by atoms with Crippen molar-refractivity contribution < 1.29 is 18.3 Å². The summed E-state index contributed by atoms with van der Waals surface area (Å²) < 4.78 is 32.0. The van der Waals surface area contributed by atoms with Crippen LogP contribution in [0.1, 0.15) is 36.7 Å². The Hall–Kier alpha value is -1.86. The summed E-state index contributed by atoms with van der Waals surface area (Å²) in [5.74, 6) is -0.749. The van der Waals surface area contributed by atoms with Gasteiger partial charge in [0.25, 0.3) is 0 Å². The molecular formula is C15H17F2N3O2. The maximum atomic E-state index is 13.4. The second kappa shape index (κ2) is 6.10. The summed E-state index contributed by atoms with van der Waals surface area (Å²) in [5.41, 5.74) is 0.630. The summed E-state index contributed by atoms with van der Waals surface area (Å²) in [6.45, 7) is 2.71. The Kier molecular flexibility index (Phi) is 4.17. The summed E-state index contributed by atoms with van der Waals surface area (Å²) in [5, 5.41) is 17.8. The van der Waals surface area contributed by atoms with Gasteiger partial charge in [-0.05, 0) is 24.1 Å². The van der Waals surface area contributed by atoms with Gasteiger partial charge < -0.3 is 9.52 Å². The van der Waals surface area contributed by atoms with Crippen LogP contribution in [-0.4, -0.2) is 32.9 Å². The molecule has 0 amide bonds. The van der Waals surface area contributed by atoms with E-state index in [1.165, 1.54) is 6.07 Å². The van der Waals surface area contributed by atoms with Crippen molar-refractivity contribution in [2.24, 2.45) is 0 Å². The predicted molar refractivity (Wildman–Crippen MR) is 73.8 cm³/mol. The highest BCUT2D eigenvalue weighted by Gasteiger charge is 2.33. The third kappa shape index (κ3) is 3.00. The van der Waals surface area contributed by atoms with Gasteiger partial charge in [0.1, 0.15) is 0 Å². The van der Waals surface area contributed by atoms with Gasteiger partial charge in [-0.15, -0.1) is 10.2 Å². The molecule has 0 saturated carbocycles. The minimum atomic E-state index is -0.884. The molecule has 22 heavy (non-hydrogen) atoms. The summed E-state index contributed by atoms with van der Waals surface area (Å²) in [6, 6.07) is 3.62. The zero-order chi connectivity index (χ0) is 15.7. The largest absolute Gasteiger partial charge is 0.424 e. The smallest absolute Gasteiger partial charge is 0.230 e. The molecule has 0 bridgehead atoms. The van der Waals surface area contributed by atoms with Crippen molar-refractivity contribution in [1.82, 2.24) is 15.1 Å². The topological polar surface area (TPSA) is 62.4 Å². The van der Waals surface area contributed by atoms with Crippen molar-refractivity contribution in [3.05, 3.63) is 47.2 Å². The Bertz CT molecular complexity index is 662. The number of aromatic nitrogens is 2. The van der Waals surface area contributed by atoms with Gasteiger partial charge in [0, 0.05) is 19.0 Å². The summed E-state index contributed by atoms with van der Waals surface area (Å²) in [4.78, 5) is 1.93. The van der Waals surface area contributed by atoms with Crippen LogP contribution in [0.5, 0.6) is 0 Å². The molecule has 1 aromatic carbocycles. The Morgan fingerprint density at radius 2 is 2.05 bits per heavy atom. The molecule has 1 aromatic heterocycles. The average Bonchev–Trinajstić information content (AvgIpc) is 3.09. The summed E-state index contributed by atoms with van der Waals surface area (Å²) >= 11 is 0. The van der Waals surface area contributed by atoms with Gasteiger partial charge in [0.05, 0.1) is 12.6 Å². The molecule has 0 unspecified atom stereocenters. The molecule has 0 radical (unpaired) electrons. The molecule has 1 aliphatic rings. The number of hydrogen-bond donors (Lipinski definition) is 1. The number of aliphatic hydroxyl groups excluding tert-OH is 1. The van der Waals surface area contributed by atoms with Gasteiger partial charge in [-0.25, -0.2) is 8.78 Å². The minimum absolute atomic E-state index is 0.206. The van der Waals surface area contributed by atoms with E-state index < -0.39 is 17.7 Å². The van der Waals surface area contributed by atoms with E-state index in [1.54, 1.807) is 6.07 Å². The van der Waals surface area contributed by atoms with E-state index in [4.69, 9.17) is 4.42 Å². The number of aryl methyl sites for hydroxylation is 1. The van der Waals surface area contributed by atoms with Crippen LogP contribution in [0.2, 0.25) is 0 Å². The van der Waals surface area contributed by atoms with Crippen LogP contribution in [-0.2, 0) is 13.0 Å². The molecule has 3 rings (SSSR count). The number of halogens is 2. The Balaban J connectivity index is 1.80. The lowest BCUT2D eigenvalue weighted by Gasteiger charge is -2.22. The van der Waals surface area contributed by atoms with Gasteiger partial charge in [-0.3, -0.25) is 4.90 Å². The monoisotopic (exact) mass is 309 g/mol. The minimum Gasteiger partial charge on any atom is -0.424 e. The van der Waals surface area contributed by atoms with E-state index in [2.05, 4.69) is 10.2 Å². The normalized spacial score (nSPS) is 22.4. The molecule has 1 N–H and O–H groups in total. The highest BCUT2D eigenvalue weighted by Crippen LogP contribution is 2.33. The van der Waals surface area contributed by atoms with Gasteiger partial charge in [0.2, 0.25) is 11.8 Å². The van der Waals surface area contributed by atoms with Gasteiger partial charge in [0.15, 0.2) is 11.6 Å². The number of likely N-dealkylation sites (tertiary alicyclic amines) is 1. The molecule has 1 saturated heterocycles. The quantitative estimate of drug-likeness (QED) is 0.938. The molecular weight excluding hydrogens is 292 g/mol. The van der Waals surface area contributed by atoms with Crippen LogP contribution < -0.4 is 0 Å². The highest BCUT2D eigenvalue weighted by molar-refractivity contribution is 5.23. The zero-order valence-electron chi connectivity index (χ0n) is 12.2. The first-order valence-electron chi connectivity index (χ1n) is 7.25. The van der Waals surface area contributed by atoms with Crippen LogP contribution in [0.25, 0.3) is 0 Å². The van der Waals surface area contributed by atoms with Crippen LogP contribution >= 0.6 is 0 Å². The van der Waals surface area contributed by atoms with Gasteiger partial charge >= 0.3 is 0 Å². The SMILES string of the molecule is CCc1nnc(CN2C[C@H](O)C[C@@H]2c2ccc(F)c(F)c2)o1. The third-order valence-corrected chi connectivity index (χ3v) is 3.86. The lowest BCUT2D eigenvalue weighted by atomic mass is 10.0. The predicted octanol–water partition coefficient (Wildman–Crippen LogP) is 2.22. The fraction of sp³-hybridized carbons (Fsp3) is 0.467. The van der Waals surface area contributed by atoms with Crippen molar-refractivity contribution in [2.75, 3.05) is 6.54 Å². The van der Waals surface area contributed by atoms with Crippen molar-refractivity contribution in [2.45, 2.75) is 38.5 Å². The average molecular weight is 309 g/mol. The number of β-amino-alcohol motifs (C(OH)–C–C–N with tert-alkyl or cyclic N) is 1. The molecule has 5 nitrogen and oxygen atoms in total. The van der Waals surface area contributed by atoms with Crippen LogP contribution in [0, 0.1) is 11.6 Å². The van der Waals surface area contributed by atoms with Crippen LogP contribution in [0.3, 0.4) is 0 Å². The second-order valence-corrected chi connectivity index (χ2v) is 5.45. The Morgan fingerprint density at radius 3 is 2.73 bits per heavy atom. The molecule has 2 heterocycles. The Labute approximate surface area is 126 Å². The fourth-order valence-corrected chi connectivity index (χ4v) is 2.79. The number of aliphatic hydroxyl groups is 1. The molecule has 2 atom stereocenters. The summed E-state index contributed by atoms with van der Waals surface area (Å²) in [6.07, 6.45) is 0.592. The standard InChI is InChI=1S/C15H17F2N3O2/c1-2-14-18-19-15(22-14)8-20-7-10(21)6-13(20)9-3-4-11(16)12(17)5-9/h3-5,10,13,21H,2,6-8H2,1H3/t10-,13-/m1/s1. The number of rotatable bonds is 4. The molecule has 2 aromatic rings. The lowest BCUT2D eigenvalue weighted by molar-refractivity contribution is 0.166. The molecule has 1 aliphatic heterocycles. The maximum Gasteiger partial charge on any atom is 0.230 e. The first-order valence-corrected chi connectivity index (χ1v) is 7.25. The molecule has 0 spiro atoms. The van der Waals surface area contributed by atoms with E-state index in [0.717, 1.165) is 6.07 Å². The van der Waals surface area contributed by atoms with E-state index in [-0.39, 0.29) is 6.04 Å². The zero-order valence-corrected chi connectivity index (χ0v) is 12.2. The van der Waals surface area contributed by atoms with Crippen molar-refractivity contribution in [1.29, 1.82) is 0 Å². The van der Waals surface area contributed by atoms with Gasteiger partial charge in [-0.1, -0.05) is 13.0 Å². The lowest BCUT2D eigenvalue weighted by Crippen LogP contribution is -2.24. The molecule has 7 heteroatoms. The molecule has 0 aliphatic carbocycles. The van der Waals surface area contributed by atoms with E-state index in [9.17, 15) is 13.9 Å². The fourth-order valence-electron chi connectivity index (χ4n) is 2.79. The second-order valence-electron chi connectivity index (χ2n) is 5.45. The summed E-state index contributed by atoms with van der Waals surface area (Å²) in [7, 11) is 0. The van der Waals surface area contributed by atoms with Crippen molar-refractivity contribution >= 4 is 0 Å². The van der Waals surface area contributed by atoms with Crippen molar-refractivity contribution in [3.63, 3.8) is 0 Å². The maximum absolute atomic E-state index is 13.4. The first kappa shape index (κ1) is 15.1. The van der Waals surface area contributed by atoms with E-state index in [0.29, 0.717) is 43.3 Å². The number of nitrogens with zero attached hydrogens (tertiary/aromatic N) is 3. The number of benzene rings is 1. The van der Waals surface area contributed by atoms with Crippen LogP contribution in [0.4, 0.5) is 8.78 Å². The molecule has 1 fully saturated rings. The van der Waals surface area contributed by atoms with Crippen molar-refractivity contribution in [3.8, 4) is 0 Å². The first-order chi connectivity index (χ1) is 10.6. The van der Waals surface area contributed by atoms with Crippen LogP contribution in [0.15, 0.2) is 22.6 Å². The highest BCUT2D eigenvalue weighted by atomic mass is 19.2. The number of hydrogen-bond acceptors (Lipinski definition) is 5. The van der Waals surface area contributed by atoms with E-state index >= 15 is 0 Å². The molecule has 118 valence electrons. The Morgan fingerprint density at radius 1 is 1.27 bits per heavy atom. The third-order valence-electron chi connectivity index (χ3n) is 3.86.